The van der Waals surface area contributed by atoms with Crippen LogP contribution < -0.4 is 4.74 Å². The zero-order valence-electron chi connectivity index (χ0n) is 35.7. The van der Waals surface area contributed by atoms with Crippen molar-refractivity contribution in [2.24, 2.45) is 5.41 Å². The molecule has 2 atom stereocenters. The number of phosphoric acid groups is 2. The summed E-state index contributed by atoms with van der Waals surface area (Å²) in [5, 5.41) is 22.8. The molecule has 0 bridgehead atoms. The van der Waals surface area contributed by atoms with Gasteiger partial charge in [0.05, 0.1) is 25.2 Å². The monoisotopic (exact) mass is 784 g/mol. The number of ether oxygens (including phenoxy) is 1. The molecule has 0 spiro atoms. The van der Waals surface area contributed by atoms with Gasteiger partial charge in [-0.1, -0.05) is 149 Å². The molecule has 0 heterocycles. The van der Waals surface area contributed by atoms with Crippen molar-refractivity contribution in [3.8, 4) is 5.75 Å². The molecule has 0 aliphatic rings. The first kappa shape index (κ1) is 47.6. The molecule has 2 rings (SSSR count). The van der Waals surface area contributed by atoms with Crippen molar-refractivity contribution >= 4 is 15.6 Å². The van der Waals surface area contributed by atoms with Crippen LogP contribution >= 0.6 is 15.6 Å². The molecule has 0 aliphatic carbocycles. The highest BCUT2D eigenvalue weighted by molar-refractivity contribution is 7.60. The van der Waals surface area contributed by atoms with E-state index in [-0.39, 0.29) is 10.8 Å². The number of aliphatic hydroxyl groups is 2. The highest BCUT2D eigenvalue weighted by Gasteiger charge is 2.49. The molecule has 0 radical (unpaired) electrons. The average Bonchev–Trinajstić information content (AvgIpc) is 2.92. The van der Waals surface area contributed by atoms with Crippen LogP contribution in [0.1, 0.15) is 170 Å². The largest absolute Gasteiger partial charge is 0.484 e. The second-order valence-electron chi connectivity index (χ2n) is 20.9. The quantitative estimate of drug-likeness (QED) is 0.139. The van der Waals surface area contributed by atoms with Crippen LogP contribution in [0.5, 0.6) is 5.75 Å². The third kappa shape index (κ3) is 12.0. The van der Waals surface area contributed by atoms with Crippen LogP contribution in [-0.4, -0.2) is 44.7 Å². The summed E-state index contributed by atoms with van der Waals surface area (Å²) in [6, 6.07) is 8.55. The third-order valence-electron chi connectivity index (χ3n) is 9.64. The fourth-order valence-electron chi connectivity index (χ4n) is 6.27. The Morgan fingerprint density at radius 2 is 0.868 bits per heavy atom. The topological polar surface area (TPSA) is 163 Å². The van der Waals surface area contributed by atoms with Gasteiger partial charge in [-0.25, -0.2) is 9.13 Å². The minimum atomic E-state index is -5.47. The number of benzene rings is 2. The van der Waals surface area contributed by atoms with Gasteiger partial charge in [0.2, 0.25) is 0 Å². The zero-order valence-corrected chi connectivity index (χ0v) is 37.5. The van der Waals surface area contributed by atoms with Gasteiger partial charge in [-0.3, -0.25) is 4.52 Å². The van der Waals surface area contributed by atoms with Crippen molar-refractivity contribution in [2.45, 2.75) is 163 Å². The third-order valence-corrected chi connectivity index (χ3v) is 11.8. The summed E-state index contributed by atoms with van der Waals surface area (Å²) < 4.78 is 41.4. The molecule has 304 valence electrons. The highest BCUT2D eigenvalue weighted by Crippen LogP contribution is 2.59. The molecular formula is C41H70O10P2. The second kappa shape index (κ2) is 15.4. The predicted octanol–water partition coefficient (Wildman–Crippen LogP) is 9.79. The molecular weight excluding hydrogens is 714 g/mol. The van der Waals surface area contributed by atoms with Crippen molar-refractivity contribution in [3.05, 3.63) is 63.2 Å². The molecule has 2 unspecified atom stereocenters. The SMILES string of the molecule is CC(C)(C)c1cc(C(C)(C)C)c(OC(c2c(C(C)(C)C)cc(C(C)(C)C)cc2C(C)(C)C)C(CO)(CO)COP(=O)(O)OP(=O)(O)O)c(C(C)(C)C)c1. The molecule has 53 heavy (non-hydrogen) atoms. The van der Waals surface area contributed by atoms with Crippen LogP contribution in [0.4, 0.5) is 0 Å². The van der Waals surface area contributed by atoms with Gasteiger partial charge in [0.25, 0.3) is 0 Å². The maximum atomic E-state index is 13.0. The fourth-order valence-corrected chi connectivity index (χ4v) is 7.96. The van der Waals surface area contributed by atoms with Gasteiger partial charge in [0.1, 0.15) is 11.9 Å². The summed E-state index contributed by atoms with van der Waals surface area (Å²) in [7, 11) is -10.9. The molecule has 12 heteroatoms. The van der Waals surface area contributed by atoms with Crippen LogP contribution in [0.2, 0.25) is 0 Å². The fraction of sp³-hybridized carbons (Fsp3) is 0.707. The van der Waals surface area contributed by atoms with Crippen molar-refractivity contribution in [2.75, 3.05) is 19.8 Å². The van der Waals surface area contributed by atoms with E-state index in [1.807, 2.05) is 0 Å². The van der Waals surface area contributed by atoms with Gasteiger partial charge >= 0.3 is 15.6 Å². The summed E-state index contributed by atoms with van der Waals surface area (Å²) in [6.45, 7) is 35.4. The highest BCUT2D eigenvalue weighted by atomic mass is 31.3. The molecule has 0 aliphatic heterocycles. The van der Waals surface area contributed by atoms with Gasteiger partial charge in [0, 0.05) is 16.7 Å². The lowest BCUT2D eigenvalue weighted by Crippen LogP contribution is -2.45. The molecule has 0 saturated carbocycles. The van der Waals surface area contributed by atoms with Gasteiger partial charge in [0.15, 0.2) is 0 Å². The number of hydrogen-bond donors (Lipinski definition) is 5. The Balaban J connectivity index is 3.39. The lowest BCUT2D eigenvalue weighted by atomic mass is 9.67. The Bertz CT molecular complexity index is 1620. The zero-order chi connectivity index (χ0) is 41.8. The van der Waals surface area contributed by atoms with E-state index in [1.165, 1.54) is 0 Å². The maximum Gasteiger partial charge on any atom is 0.481 e. The first-order chi connectivity index (χ1) is 23.3. The minimum absolute atomic E-state index is 0.214. The summed E-state index contributed by atoms with van der Waals surface area (Å²) in [5.74, 6) is 0.549. The summed E-state index contributed by atoms with van der Waals surface area (Å²) in [4.78, 5) is 29.2. The van der Waals surface area contributed by atoms with Crippen molar-refractivity contribution < 1.29 is 47.6 Å². The maximum absolute atomic E-state index is 13.0. The van der Waals surface area contributed by atoms with E-state index >= 15 is 0 Å². The van der Waals surface area contributed by atoms with Crippen LogP contribution in [0.15, 0.2) is 24.3 Å². The summed E-state index contributed by atoms with van der Waals surface area (Å²) in [5.41, 5.74) is 2.14. The Labute approximate surface area is 319 Å². The minimum Gasteiger partial charge on any atom is -0.484 e. The van der Waals surface area contributed by atoms with Crippen molar-refractivity contribution in [1.29, 1.82) is 0 Å². The Kier molecular flexibility index (Phi) is 13.8. The van der Waals surface area contributed by atoms with Gasteiger partial charge < -0.3 is 29.6 Å². The van der Waals surface area contributed by atoms with E-state index in [4.69, 9.17) is 9.26 Å². The molecule has 0 aromatic heterocycles. The van der Waals surface area contributed by atoms with Gasteiger partial charge in [-0.05, 0) is 54.7 Å². The van der Waals surface area contributed by atoms with Crippen molar-refractivity contribution in [1.82, 2.24) is 0 Å². The van der Waals surface area contributed by atoms with Gasteiger partial charge in [-0.2, -0.15) is 4.31 Å². The first-order valence-corrected chi connectivity index (χ1v) is 21.3. The normalized spacial score (nSPS) is 16.1. The van der Waals surface area contributed by atoms with E-state index in [1.54, 1.807) is 0 Å². The van der Waals surface area contributed by atoms with E-state index < -0.39 is 68.6 Å². The Hall–Kier alpha value is -1.58. The molecule has 5 N–H and O–H groups in total. The lowest BCUT2D eigenvalue weighted by Gasteiger charge is -2.44. The van der Waals surface area contributed by atoms with Crippen LogP contribution in [0, 0.1) is 5.41 Å². The van der Waals surface area contributed by atoms with Crippen molar-refractivity contribution in [3.63, 3.8) is 0 Å². The first-order valence-electron chi connectivity index (χ1n) is 18.3. The van der Waals surface area contributed by atoms with Crippen LogP contribution in [0.25, 0.3) is 0 Å². The van der Waals surface area contributed by atoms with E-state index in [0.717, 1.165) is 33.4 Å². The number of rotatable bonds is 11. The predicted molar refractivity (Wildman–Crippen MR) is 214 cm³/mol. The lowest BCUT2D eigenvalue weighted by molar-refractivity contribution is -0.0742. The second-order valence-corrected chi connectivity index (χ2v) is 23.7. The van der Waals surface area contributed by atoms with E-state index in [2.05, 4.69) is 153 Å². The number of aliphatic hydroxyl groups excluding tert-OH is 2. The Morgan fingerprint density at radius 1 is 0.547 bits per heavy atom. The van der Waals surface area contributed by atoms with Gasteiger partial charge in [-0.15, -0.1) is 0 Å². The van der Waals surface area contributed by atoms with Crippen LogP contribution in [-0.2, 0) is 50.5 Å². The summed E-state index contributed by atoms with van der Waals surface area (Å²) in [6.07, 6.45) is -1.23. The summed E-state index contributed by atoms with van der Waals surface area (Å²) >= 11 is 0. The molecule has 0 fully saturated rings. The molecule has 0 saturated heterocycles. The van der Waals surface area contributed by atoms with E-state index in [0.29, 0.717) is 11.3 Å². The molecule has 2 aromatic carbocycles. The average molecular weight is 785 g/mol. The Morgan fingerprint density at radius 3 is 1.13 bits per heavy atom. The number of hydrogen-bond acceptors (Lipinski definition) is 7. The molecule has 2 aromatic rings. The molecule has 0 amide bonds. The standard InChI is InChI=1S/C41H70O10P2/c1-35(2,3)26-19-28(37(7,8)9)32(29(20-26)38(10,11)12)34(41(23-42,24-43)25-49-53(47,48)51-52(44,45)46)50-33-30(39(13,14)15)21-27(36(4,5)6)22-31(33)40(16,17)18/h19-22,34,42-43H,23-25H2,1-18H3,(H,47,48)(H2,44,45,46). The van der Waals surface area contributed by atoms with Crippen LogP contribution in [0.3, 0.4) is 0 Å². The van der Waals surface area contributed by atoms with E-state index in [9.17, 15) is 34.0 Å². The smallest absolute Gasteiger partial charge is 0.481 e. The molecule has 10 nitrogen and oxygen atoms in total. The number of phosphoric ester groups is 1.